The van der Waals surface area contributed by atoms with E-state index in [0.717, 1.165) is 31.1 Å². The lowest BCUT2D eigenvalue weighted by Crippen LogP contribution is -2.31. The predicted octanol–water partition coefficient (Wildman–Crippen LogP) is 3.12. The van der Waals surface area contributed by atoms with Crippen molar-refractivity contribution in [3.05, 3.63) is 52.0 Å². The van der Waals surface area contributed by atoms with Gasteiger partial charge in [-0.1, -0.05) is 31.2 Å². The van der Waals surface area contributed by atoms with E-state index in [9.17, 15) is 4.79 Å². The van der Waals surface area contributed by atoms with Crippen molar-refractivity contribution < 1.29 is 4.79 Å². The van der Waals surface area contributed by atoms with Crippen LogP contribution in [0.2, 0.25) is 0 Å². The highest BCUT2D eigenvalue weighted by molar-refractivity contribution is 7.09. The first-order chi connectivity index (χ1) is 10.8. The molecule has 1 aliphatic rings. The Kier molecular flexibility index (Phi) is 4.85. The van der Waals surface area contributed by atoms with Crippen LogP contribution in [0.5, 0.6) is 0 Å². The molecular weight excluding hydrogens is 294 g/mol. The number of fused-ring (bicyclic) bond motifs is 1. The number of nitrogens with one attached hydrogen (secondary N) is 1. The first-order valence-electron chi connectivity index (χ1n) is 7.74. The number of benzene rings is 1. The Bertz CT molecular complexity index is 602. The molecule has 4 nitrogen and oxygen atoms in total. The summed E-state index contributed by atoms with van der Waals surface area (Å²) >= 11 is 1.60. The van der Waals surface area contributed by atoms with Gasteiger partial charge in [-0.3, -0.25) is 9.69 Å². The van der Waals surface area contributed by atoms with Crippen molar-refractivity contribution in [2.24, 2.45) is 0 Å². The minimum Gasteiger partial charge on any atom is -0.347 e. The molecule has 0 unspecified atom stereocenters. The van der Waals surface area contributed by atoms with E-state index in [1.54, 1.807) is 17.5 Å². The maximum absolute atomic E-state index is 12.2. The van der Waals surface area contributed by atoms with Crippen LogP contribution >= 0.6 is 11.3 Å². The molecule has 1 amide bonds. The van der Waals surface area contributed by atoms with E-state index in [1.165, 1.54) is 11.1 Å². The molecule has 22 heavy (non-hydrogen) atoms. The molecule has 116 valence electrons. The molecule has 0 fully saturated rings. The van der Waals surface area contributed by atoms with Gasteiger partial charge in [-0.25, -0.2) is 4.98 Å². The van der Waals surface area contributed by atoms with Gasteiger partial charge >= 0.3 is 0 Å². The van der Waals surface area contributed by atoms with Crippen molar-refractivity contribution in [3.63, 3.8) is 0 Å². The lowest BCUT2D eigenvalue weighted by molar-refractivity contribution is -0.122. The van der Waals surface area contributed by atoms with Gasteiger partial charge in [0.25, 0.3) is 0 Å². The van der Waals surface area contributed by atoms with Crippen molar-refractivity contribution in [2.45, 2.75) is 38.9 Å². The van der Waals surface area contributed by atoms with Gasteiger partial charge in [0, 0.05) is 37.6 Å². The molecule has 2 aromatic rings. The van der Waals surface area contributed by atoms with Gasteiger partial charge in [-0.05, 0) is 17.5 Å². The highest BCUT2D eigenvalue weighted by Crippen LogP contribution is 2.22. The fourth-order valence-electron chi connectivity index (χ4n) is 2.83. The minimum atomic E-state index is 0.0447. The maximum atomic E-state index is 12.2. The van der Waals surface area contributed by atoms with Gasteiger partial charge in [-0.2, -0.15) is 0 Å². The second-order valence-electron chi connectivity index (χ2n) is 5.63. The van der Waals surface area contributed by atoms with Crippen LogP contribution in [0.3, 0.4) is 0 Å². The highest BCUT2D eigenvalue weighted by Gasteiger charge is 2.20. The van der Waals surface area contributed by atoms with Crippen LogP contribution in [0.15, 0.2) is 35.8 Å². The number of hydrogen-bond acceptors (Lipinski definition) is 4. The number of nitrogens with zero attached hydrogens (tertiary/aromatic N) is 2. The van der Waals surface area contributed by atoms with E-state index in [-0.39, 0.29) is 11.9 Å². The van der Waals surface area contributed by atoms with Gasteiger partial charge in [0.15, 0.2) is 0 Å². The lowest BCUT2D eigenvalue weighted by atomic mass is 10.1. The number of carbonyl (C=O) groups excluding carboxylic acids is 1. The fourth-order valence-corrected chi connectivity index (χ4v) is 3.61. The van der Waals surface area contributed by atoms with Crippen molar-refractivity contribution in [3.8, 4) is 0 Å². The van der Waals surface area contributed by atoms with Crippen LogP contribution in [0.1, 0.15) is 41.9 Å². The molecular formula is C17H21N3OS. The summed E-state index contributed by atoms with van der Waals surface area (Å²) < 4.78 is 0. The summed E-state index contributed by atoms with van der Waals surface area (Å²) in [5.74, 6) is 0.109. The fraction of sp³-hybridized carbons (Fsp3) is 0.412. The van der Waals surface area contributed by atoms with Gasteiger partial charge < -0.3 is 5.32 Å². The Morgan fingerprint density at radius 2 is 2.09 bits per heavy atom. The molecule has 2 heterocycles. The number of carbonyl (C=O) groups is 1. The smallest absolute Gasteiger partial charge is 0.221 e. The van der Waals surface area contributed by atoms with Crippen molar-refractivity contribution in [1.29, 1.82) is 0 Å². The average Bonchev–Trinajstić information content (AvgIpc) is 3.19. The van der Waals surface area contributed by atoms with Crippen LogP contribution < -0.4 is 5.32 Å². The van der Waals surface area contributed by atoms with Crippen LogP contribution in [-0.4, -0.2) is 22.3 Å². The van der Waals surface area contributed by atoms with E-state index >= 15 is 0 Å². The van der Waals surface area contributed by atoms with E-state index in [0.29, 0.717) is 6.42 Å². The molecule has 0 saturated carbocycles. The predicted molar refractivity (Wildman–Crippen MR) is 88.5 cm³/mol. The molecule has 1 aromatic heterocycles. The normalized spacial score (nSPS) is 15.5. The van der Waals surface area contributed by atoms with Crippen molar-refractivity contribution >= 4 is 17.2 Å². The zero-order chi connectivity index (χ0) is 15.4. The number of rotatable bonds is 6. The number of hydrogen-bond donors (Lipinski definition) is 1. The maximum Gasteiger partial charge on any atom is 0.221 e. The quantitative estimate of drug-likeness (QED) is 0.891. The topological polar surface area (TPSA) is 45.2 Å². The molecule has 1 N–H and O–H groups in total. The second kappa shape index (κ2) is 7.03. The Labute approximate surface area is 135 Å². The zero-order valence-electron chi connectivity index (χ0n) is 12.8. The summed E-state index contributed by atoms with van der Waals surface area (Å²) in [5, 5.41) is 6.04. The number of aromatic nitrogens is 1. The standard InChI is InChI=1S/C17H21N3OS/c1-2-15(17-18-8-10-22-17)19-16(21)7-9-20-11-13-5-3-4-6-14(13)12-20/h3-6,8,10,15H,2,7,9,11-12H2,1H3,(H,19,21)/t15-/m1/s1. The minimum absolute atomic E-state index is 0.0447. The molecule has 0 radical (unpaired) electrons. The Balaban J connectivity index is 1.47. The lowest BCUT2D eigenvalue weighted by Gasteiger charge is -2.17. The van der Waals surface area contributed by atoms with E-state index in [1.807, 2.05) is 5.38 Å². The first-order valence-corrected chi connectivity index (χ1v) is 8.62. The van der Waals surface area contributed by atoms with Gasteiger partial charge in [0.05, 0.1) is 6.04 Å². The molecule has 1 aliphatic heterocycles. The van der Waals surface area contributed by atoms with Crippen molar-refractivity contribution in [1.82, 2.24) is 15.2 Å². The summed E-state index contributed by atoms with van der Waals surface area (Å²) in [6.07, 6.45) is 3.19. The Morgan fingerprint density at radius 3 is 2.68 bits per heavy atom. The molecule has 3 rings (SSSR count). The Morgan fingerprint density at radius 1 is 1.36 bits per heavy atom. The summed E-state index contributed by atoms with van der Waals surface area (Å²) in [4.78, 5) is 18.8. The molecule has 0 aliphatic carbocycles. The average molecular weight is 315 g/mol. The number of thiazole rings is 1. The largest absolute Gasteiger partial charge is 0.347 e. The summed E-state index contributed by atoms with van der Waals surface area (Å²) in [6, 6.07) is 8.54. The summed E-state index contributed by atoms with van der Waals surface area (Å²) in [5.41, 5.74) is 2.77. The SMILES string of the molecule is CC[C@@H](NC(=O)CCN1Cc2ccccc2C1)c1nccs1. The molecule has 0 saturated heterocycles. The van der Waals surface area contributed by atoms with E-state index in [2.05, 4.69) is 46.4 Å². The molecule has 0 bridgehead atoms. The van der Waals surface area contributed by atoms with Crippen molar-refractivity contribution in [2.75, 3.05) is 6.54 Å². The molecule has 5 heteroatoms. The summed E-state index contributed by atoms with van der Waals surface area (Å²) in [7, 11) is 0. The van der Waals surface area contributed by atoms with Crippen LogP contribution in [0.25, 0.3) is 0 Å². The van der Waals surface area contributed by atoms with Crippen LogP contribution in [-0.2, 0) is 17.9 Å². The third-order valence-electron chi connectivity index (χ3n) is 4.05. The molecule has 1 aromatic carbocycles. The zero-order valence-corrected chi connectivity index (χ0v) is 13.6. The summed E-state index contributed by atoms with van der Waals surface area (Å²) in [6.45, 7) is 4.78. The van der Waals surface area contributed by atoms with Gasteiger partial charge in [0.1, 0.15) is 5.01 Å². The first kappa shape index (κ1) is 15.2. The molecule has 0 spiro atoms. The van der Waals surface area contributed by atoms with Crippen LogP contribution in [0, 0.1) is 0 Å². The van der Waals surface area contributed by atoms with E-state index < -0.39 is 0 Å². The monoisotopic (exact) mass is 315 g/mol. The van der Waals surface area contributed by atoms with Gasteiger partial charge in [-0.15, -0.1) is 11.3 Å². The number of amides is 1. The second-order valence-corrected chi connectivity index (χ2v) is 6.55. The van der Waals surface area contributed by atoms with Gasteiger partial charge in [0.2, 0.25) is 5.91 Å². The third kappa shape index (κ3) is 3.54. The molecule has 1 atom stereocenters. The van der Waals surface area contributed by atoms with Crippen LogP contribution in [0.4, 0.5) is 0 Å². The van der Waals surface area contributed by atoms with E-state index in [4.69, 9.17) is 0 Å². The third-order valence-corrected chi connectivity index (χ3v) is 4.94. The Hall–Kier alpha value is -1.72. The highest BCUT2D eigenvalue weighted by atomic mass is 32.1.